The number of halogens is 1. The first-order valence-electron chi connectivity index (χ1n) is 7.08. The van der Waals surface area contributed by atoms with Gasteiger partial charge in [0.05, 0.1) is 18.8 Å². The van der Waals surface area contributed by atoms with E-state index in [4.69, 9.17) is 4.74 Å². The minimum atomic E-state index is 0.170. The fourth-order valence-electron chi connectivity index (χ4n) is 2.08. The van der Waals surface area contributed by atoms with Gasteiger partial charge in [0, 0.05) is 9.64 Å². The molecule has 2 aromatic rings. The Morgan fingerprint density at radius 3 is 2.48 bits per heavy atom. The van der Waals surface area contributed by atoms with Crippen molar-refractivity contribution in [3.05, 3.63) is 51.2 Å². The third-order valence-electron chi connectivity index (χ3n) is 3.22. The van der Waals surface area contributed by atoms with Crippen molar-refractivity contribution >= 4 is 22.6 Å². The van der Waals surface area contributed by atoms with Gasteiger partial charge in [-0.25, -0.2) is 0 Å². The summed E-state index contributed by atoms with van der Waals surface area (Å²) in [4.78, 5) is 0. The van der Waals surface area contributed by atoms with E-state index >= 15 is 0 Å². The lowest BCUT2D eigenvalue weighted by molar-refractivity contribution is 0.389. The SMILES string of the molecule is CCCNC(Cc1ccc(I)cc1)c1ccc(OC)nn1. The van der Waals surface area contributed by atoms with Crippen molar-refractivity contribution in [2.75, 3.05) is 13.7 Å². The van der Waals surface area contributed by atoms with Crippen LogP contribution >= 0.6 is 22.6 Å². The number of nitrogens with zero attached hydrogens (tertiary/aromatic N) is 2. The maximum absolute atomic E-state index is 5.07. The highest BCUT2D eigenvalue weighted by Crippen LogP contribution is 2.18. The molecule has 5 heteroatoms. The zero-order chi connectivity index (χ0) is 15.1. The topological polar surface area (TPSA) is 47.0 Å². The molecule has 0 saturated heterocycles. The molecule has 4 nitrogen and oxygen atoms in total. The molecule has 0 aliphatic heterocycles. The van der Waals surface area contributed by atoms with Gasteiger partial charge in [0.1, 0.15) is 0 Å². The van der Waals surface area contributed by atoms with Crippen molar-refractivity contribution in [2.45, 2.75) is 25.8 Å². The summed E-state index contributed by atoms with van der Waals surface area (Å²) in [6, 6.07) is 12.6. The number of hydrogen-bond acceptors (Lipinski definition) is 4. The van der Waals surface area contributed by atoms with E-state index in [2.05, 4.69) is 69.3 Å². The molecular formula is C16H20IN3O. The Kier molecular flexibility index (Phi) is 6.38. The summed E-state index contributed by atoms with van der Waals surface area (Å²) in [6.07, 6.45) is 1.99. The average molecular weight is 397 g/mol. The lowest BCUT2D eigenvalue weighted by Gasteiger charge is -2.18. The van der Waals surface area contributed by atoms with Crippen LogP contribution in [-0.2, 0) is 6.42 Å². The van der Waals surface area contributed by atoms with E-state index in [0.29, 0.717) is 5.88 Å². The Morgan fingerprint density at radius 1 is 1.14 bits per heavy atom. The Morgan fingerprint density at radius 2 is 1.90 bits per heavy atom. The third-order valence-corrected chi connectivity index (χ3v) is 3.94. The van der Waals surface area contributed by atoms with E-state index in [1.807, 2.05) is 12.1 Å². The summed E-state index contributed by atoms with van der Waals surface area (Å²) in [6.45, 7) is 3.12. The molecule has 1 heterocycles. The van der Waals surface area contributed by atoms with Gasteiger partial charge in [-0.15, -0.1) is 5.10 Å². The molecule has 0 aliphatic carbocycles. The molecule has 2 rings (SSSR count). The molecule has 1 unspecified atom stereocenters. The zero-order valence-corrected chi connectivity index (χ0v) is 14.5. The monoisotopic (exact) mass is 397 g/mol. The average Bonchev–Trinajstić information content (AvgIpc) is 2.53. The van der Waals surface area contributed by atoms with Gasteiger partial charge in [0.15, 0.2) is 0 Å². The number of ether oxygens (including phenoxy) is 1. The van der Waals surface area contributed by atoms with Crippen LogP contribution in [0.3, 0.4) is 0 Å². The summed E-state index contributed by atoms with van der Waals surface area (Å²) in [5.41, 5.74) is 2.24. The number of hydrogen-bond donors (Lipinski definition) is 1. The Labute approximate surface area is 139 Å². The molecule has 0 fully saturated rings. The zero-order valence-electron chi connectivity index (χ0n) is 12.3. The summed E-state index contributed by atoms with van der Waals surface area (Å²) in [5, 5.41) is 11.9. The molecular weight excluding hydrogens is 377 g/mol. The van der Waals surface area contributed by atoms with Crippen molar-refractivity contribution in [2.24, 2.45) is 0 Å². The lowest BCUT2D eigenvalue weighted by Crippen LogP contribution is -2.25. The second-order valence-corrected chi connectivity index (χ2v) is 6.08. The van der Waals surface area contributed by atoms with Gasteiger partial charge < -0.3 is 10.1 Å². The normalized spacial score (nSPS) is 12.1. The second kappa shape index (κ2) is 8.29. The van der Waals surface area contributed by atoms with Gasteiger partial charge in [-0.05, 0) is 65.7 Å². The van der Waals surface area contributed by atoms with Gasteiger partial charge in [-0.1, -0.05) is 19.1 Å². The van der Waals surface area contributed by atoms with Crippen molar-refractivity contribution in [3.63, 3.8) is 0 Å². The second-order valence-electron chi connectivity index (χ2n) is 4.84. The predicted octanol–water partition coefficient (Wildman–Crippen LogP) is 3.37. The van der Waals surface area contributed by atoms with Crippen LogP contribution in [0.2, 0.25) is 0 Å². The van der Waals surface area contributed by atoms with Crippen LogP contribution in [0.4, 0.5) is 0 Å². The standard InChI is InChI=1S/C16H20IN3O/c1-3-10-18-15(11-12-4-6-13(17)7-5-12)14-8-9-16(21-2)20-19-14/h4-9,15,18H,3,10-11H2,1-2H3. The van der Waals surface area contributed by atoms with Crippen LogP contribution in [0.1, 0.15) is 30.6 Å². The molecule has 0 spiro atoms. The van der Waals surface area contributed by atoms with E-state index < -0.39 is 0 Å². The molecule has 1 N–H and O–H groups in total. The van der Waals surface area contributed by atoms with E-state index in [-0.39, 0.29) is 6.04 Å². The smallest absolute Gasteiger partial charge is 0.233 e. The molecule has 112 valence electrons. The van der Waals surface area contributed by atoms with E-state index in [1.54, 1.807) is 7.11 Å². The maximum Gasteiger partial charge on any atom is 0.233 e. The van der Waals surface area contributed by atoms with Crippen LogP contribution in [-0.4, -0.2) is 23.9 Å². The summed E-state index contributed by atoms with van der Waals surface area (Å²) >= 11 is 2.32. The summed E-state index contributed by atoms with van der Waals surface area (Å²) < 4.78 is 6.32. The Bertz CT molecular complexity index is 542. The molecule has 1 aromatic carbocycles. The van der Waals surface area contributed by atoms with Crippen molar-refractivity contribution < 1.29 is 4.74 Å². The number of aromatic nitrogens is 2. The van der Waals surface area contributed by atoms with E-state index in [1.165, 1.54) is 9.13 Å². The first kappa shape index (κ1) is 16.2. The van der Waals surface area contributed by atoms with Gasteiger partial charge in [-0.2, -0.15) is 5.10 Å². The number of methoxy groups -OCH3 is 1. The molecule has 0 bridgehead atoms. The highest BCUT2D eigenvalue weighted by Gasteiger charge is 2.14. The van der Waals surface area contributed by atoms with Gasteiger partial charge in [-0.3, -0.25) is 0 Å². The van der Waals surface area contributed by atoms with Crippen molar-refractivity contribution in [3.8, 4) is 5.88 Å². The van der Waals surface area contributed by atoms with Gasteiger partial charge in [0.25, 0.3) is 0 Å². The Hall–Kier alpha value is -1.21. The van der Waals surface area contributed by atoms with Crippen LogP contribution < -0.4 is 10.1 Å². The van der Waals surface area contributed by atoms with Crippen molar-refractivity contribution in [1.82, 2.24) is 15.5 Å². The minimum Gasteiger partial charge on any atom is -0.480 e. The minimum absolute atomic E-state index is 0.170. The van der Waals surface area contributed by atoms with Gasteiger partial charge in [0.2, 0.25) is 5.88 Å². The molecule has 1 aromatic heterocycles. The molecule has 0 saturated carbocycles. The van der Waals surface area contributed by atoms with Crippen LogP contribution in [0, 0.1) is 3.57 Å². The van der Waals surface area contributed by atoms with Crippen LogP contribution in [0.15, 0.2) is 36.4 Å². The molecule has 0 aliphatic rings. The fraction of sp³-hybridized carbons (Fsp3) is 0.375. The summed E-state index contributed by atoms with van der Waals surface area (Å²) in [7, 11) is 1.60. The third kappa shape index (κ3) is 4.93. The van der Waals surface area contributed by atoms with E-state index in [9.17, 15) is 0 Å². The highest BCUT2D eigenvalue weighted by atomic mass is 127. The fourth-order valence-corrected chi connectivity index (χ4v) is 2.44. The summed E-state index contributed by atoms with van der Waals surface area (Å²) in [5.74, 6) is 0.544. The number of nitrogens with one attached hydrogen (secondary N) is 1. The predicted molar refractivity (Wildman–Crippen MR) is 92.5 cm³/mol. The largest absolute Gasteiger partial charge is 0.480 e. The van der Waals surface area contributed by atoms with Crippen LogP contribution in [0.5, 0.6) is 5.88 Å². The number of rotatable bonds is 7. The molecule has 21 heavy (non-hydrogen) atoms. The highest BCUT2D eigenvalue weighted by molar-refractivity contribution is 14.1. The number of benzene rings is 1. The van der Waals surface area contributed by atoms with Crippen molar-refractivity contribution in [1.29, 1.82) is 0 Å². The lowest BCUT2D eigenvalue weighted by atomic mass is 10.0. The quantitative estimate of drug-likeness (QED) is 0.728. The molecule has 1 atom stereocenters. The Balaban J connectivity index is 2.14. The first-order valence-corrected chi connectivity index (χ1v) is 8.16. The molecule has 0 amide bonds. The van der Waals surface area contributed by atoms with Crippen LogP contribution in [0.25, 0.3) is 0 Å². The maximum atomic E-state index is 5.07. The first-order chi connectivity index (χ1) is 10.2. The van der Waals surface area contributed by atoms with Gasteiger partial charge >= 0.3 is 0 Å². The van der Waals surface area contributed by atoms with E-state index in [0.717, 1.165) is 25.1 Å². The molecule has 0 radical (unpaired) electrons.